The number of carbonyl (C=O) groups excluding carboxylic acids is 2. The van der Waals surface area contributed by atoms with E-state index in [1.807, 2.05) is 13.0 Å². The van der Waals surface area contributed by atoms with Gasteiger partial charge in [-0.05, 0) is 31.2 Å². The molecule has 116 valence electrons. The van der Waals surface area contributed by atoms with Crippen molar-refractivity contribution >= 4 is 63.5 Å². The Balaban J connectivity index is 1.93. The molecule has 1 aromatic heterocycles. The number of halogens is 3. The summed E-state index contributed by atoms with van der Waals surface area (Å²) in [6.07, 6.45) is 0.219. The van der Waals surface area contributed by atoms with Gasteiger partial charge in [-0.2, -0.15) is 0 Å². The van der Waals surface area contributed by atoms with E-state index in [0.717, 1.165) is 4.88 Å². The summed E-state index contributed by atoms with van der Waals surface area (Å²) in [6, 6.07) is 6.60. The normalized spacial score (nSPS) is 10.5. The third kappa shape index (κ3) is 4.46. The highest BCUT2D eigenvalue weighted by molar-refractivity contribution is 7.14. The van der Waals surface area contributed by atoms with Gasteiger partial charge in [-0.25, -0.2) is 0 Å². The van der Waals surface area contributed by atoms with Gasteiger partial charge in [0.15, 0.2) is 5.78 Å². The summed E-state index contributed by atoms with van der Waals surface area (Å²) in [6.45, 7) is 1.93. The lowest BCUT2D eigenvalue weighted by molar-refractivity contribution is -0.116. The van der Waals surface area contributed by atoms with E-state index in [9.17, 15) is 9.59 Å². The molecule has 0 spiro atoms. The minimum atomic E-state index is -0.304. The predicted molar refractivity (Wildman–Crippen MR) is 92.7 cm³/mol. The fourth-order valence-corrected chi connectivity index (χ4v) is 3.19. The van der Waals surface area contributed by atoms with Crippen molar-refractivity contribution in [2.75, 3.05) is 5.32 Å². The SMILES string of the molecule is Cc1ccc(C(=O)CCC(=O)Nc2cc(Cl)c(Cl)cc2Cl)s1. The average Bonchev–Trinajstić information content (AvgIpc) is 2.89. The molecule has 1 amide bonds. The lowest BCUT2D eigenvalue weighted by Crippen LogP contribution is -2.13. The fraction of sp³-hybridized carbons (Fsp3) is 0.200. The molecule has 1 aromatic carbocycles. The lowest BCUT2D eigenvalue weighted by Gasteiger charge is -2.08. The largest absolute Gasteiger partial charge is 0.325 e. The topological polar surface area (TPSA) is 46.2 Å². The van der Waals surface area contributed by atoms with E-state index in [-0.39, 0.29) is 24.5 Å². The molecule has 0 unspecified atom stereocenters. The number of ketones is 1. The summed E-state index contributed by atoms with van der Waals surface area (Å²) in [4.78, 5) is 25.6. The summed E-state index contributed by atoms with van der Waals surface area (Å²) in [7, 11) is 0. The van der Waals surface area contributed by atoms with Gasteiger partial charge in [0, 0.05) is 17.7 Å². The Morgan fingerprint density at radius 2 is 1.73 bits per heavy atom. The molecule has 0 aliphatic carbocycles. The van der Waals surface area contributed by atoms with E-state index in [1.54, 1.807) is 6.07 Å². The summed E-state index contributed by atoms with van der Waals surface area (Å²) in [5.74, 6) is -0.351. The third-order valence-corrected chi connectivity index (χ3v) is 4.95. The highest BCUT2D eigenvalue weighted by Gasteiger charge is 2.13. The standard InChI is InChI=1S/C15H12Cl3NO2S/c1-8-2-4-14(22-8)13(20)3-5-15(21)19-12-7-10(17)9(16)6-11(12)18/h2,4,6-7H,3,5H2,1H3,(H,19,21). The Hall–Kier alpha value is -1.07. The van der Waals surface area contributed by atoms with E-state index in [1.165, 1.54) is 23.5 Å². The molecule has 0 aliphatic heterocycles. The minimum absolute atomic E-state index is 0.0477. The maximum Gasteiger partial charge on any atom is 0.224 e. The molecule has 0 fully saturated rings. The van der Waals surface area contributed by atoms with E-state index < -0.39 is 0 Å². The zero-order chi connectivity index (χ0) is 16.3. The number of thiophene rings is 1. The van der Waals surface area contributed by atoms with Crippen molar-refractivity contribution in [2.24, 2.45) is 0 Å². The maximum absolute atomic E-state index is 11.9. The van der Waals surface area contributed by atoms with Crippen molar-refractivity contribution in [1.29, 1.82) is 0 Å². The molecule has 0 saturated carbocycles. The molecule has 0 aliphatic rings. The van der Waals surface area contributed by atoms with Gasteiger partial charge in [-0.1, -0.05) is 34.8 Å². The Morgan fingerprint density at radius 3 is 2.36 bits per heavy atom. The van der Waals surface area contributed by atoms with Gasteiger partial charge >= 0.3 is 0 Å². The van der Waals surface area contributed by atoms with Crippen molar-refractivity contribution < 1.29 is 9.59 Å². The number of Topliss-reactive ketones (excluding diaryl/α,β-unsaturated/α-hetero) is 1. The molecule has 22 heavy (non-hydrogen) atoms. The number of benzene rings is 1. The second-order valence-corrected chi connectivity index (χ2v) is 7.14. The van der Waals surface area contributed by atoms with Crippen LogP contribution in [0.3, 0.4) is 0 Å². The van der Waals surface area contributed by atoms with Crippen LogP contribution in [-0.4, -0.2) is 11.7 Å². The minimum Gasteiger partial charge on any atom is -0.325 e. The quantitative estimate of drug-likeness (QED) is 0.544. The van der Waals surface area contributed by atoms with Crippen molar-refractivity contribution in [3.05, 3.63) is 49.1 Å². The number of rotatable bonds is 5. The second kappa shape index (κ2) is 7.47. The summed E-state index contributed by atoms with van der Waals surface area (Å²) >= 11 is 19.1. The van der Waals surface area contributed by atoms with Gasteiger partial charge in [0.05, 0.1) is 25.6 Å². The molecular weight excluding hydrogens is 365 g/mol. The predicted octanol–water partition coefficient (Wildman–Crippen LogP) is 5.62. The summed E-state index contributed by atoms with van der Waals surface area (Å²) < 4.78 is 0. The van der Waals surface area contributed by atoms with Crippen molar-refractivity contribution in [3.63, 3.8) is 0 Å². The fourth-order valence-electron chi connectivity index (χ4n) is 1.77. The van der Waals surface area contributed by atoms with Gasteiger partial charge in [0.2, 0.25) is 5.91 Å². The first-order chi connectivity index (χ1) is 10.4. The number of anilines is 1. The highest BCUT2D eigenvalue weighted by Crippen LogP contribution is 2.32. The number of hydrogen-bond donors (Lipinski definition) is 1. The van der Waals surface area contributed by atoms with Gasteiger partial charge in [0.1, 0.15) is 0 Å². The highest BCUT2D eigenvalue weighted by atomic mass is 35.5. The first-order valence-electron chi connectivity index (χ1n) is 6.41. The Kier molecular flexibility index (Phi) is 5.87. The van der Waals surface area contributed by atoms with Crippen LogP contribution in [0.1, 0.15) is 27.4 Å². The molecule has 0 atom stereocenters. The second-order valence-electron chi connectivity index (χ2n) is 4.63. The number of amides is 1. The maximum atomic E-state index is 11.9. The average molecular weight is 377 g/mol. The van der Waals surface area contributed by atoms with Gasteiger partial charge in [-0.3, -0.25) is 9.59 Å². The molecule has 0 saturated heterocycles. The molecule has 2 aromatic rings. The molecular formula is C15H12Cl3NO2S. The summed E-state index contributed by atoms with van der Waals surface area (Å²) in [5, 5.41) is 3.53. The van der Waals surface area contributed by atoms with Crippen LogP contribution in [0.5, 0.6) is 0 Å². The monoisotopic (exact) mass is 375 g/mol. The molecule has 2 rings (SSSR count). The summed E-state index contributed by atoms with van der Waals surface area (Å²) in [5.41, 5.74) is 0.375. The number of hydrogen-bond acceptors (Lipinski definition) is 3. The molecule has 7 heteroatoms. The van der Waals surface area contributed by atoms with Crippen LogP contribution < -0.4 is 5.32 Å². The number of carbonyl (C=O) groups is 2. The van der Waals surface area contributed by atoms with E-state index in [2.05, 4.69) is 5.32 Å². The van der Waals surface area contributed by atoms with Crippen molar-refractivity contribution in [2.45, 2.75) is 19.8 Å². The number of nitrogens with one attached hydrogen (secondary N) is 1. The number of aryl methyl sites for hydroxylation is 1. The van der Waals surface area contributed by atoms with Crippen LogP contribution in [-0.2, 0) is 4.79 Å². The molecule has 1 heterocycles. The van der Waals surface area contributed by atoms with Crippen molar-refractivity contribution in [1.82, 2.24) is 0 Å². The van der Waals surface area contributed by atoms with E-state index in [0.29, 0.717) is 25.6 Å². The zero-order valence-electron chi connectivity index (χ0n) is 11.6. The van der Waals surface area contributed by atoms with Gasteiger partial charge in [-0.15, -0.1) is 11.3 Å². The van der Waals surface area contributed by atoms with Crippen LogP contribution in [0.15, 0.2) is 24.3 Å². The lowest BCUT2D eigenvalue weighted by atomic mass is 10.2. The van der Waals surface area contributed by atoms with Crippen LogP contribution in [0, 0.1) is 6.92 Å². The van der Waals surface area contributed by atoms with Gasteiger partial charge < -0.3 is 5.32 Å². The molecule has 0 radical (unpaired) electrons. The Morgan fingerprint density at radius 1 is 1.05 bits per heavy atom. The first-order valence-corrected chi connectivity index (χ1v) is 8.36. The van der Waals surface area contributed by atoms with E-state index in [4.69, 9.17) is 34.8 Å². The van der Waals surface area contributed by atoms with Crippen LogP contribution in [0.25, 0.3) is 0 Å². The Bertz CT molecular complexity index is 728. The van der Waals surface area contributed by atoms with Gasteiger partial charge in [0.25, 0.3) is 0 Å². The van der Waals surface area contributed by atoms with E-state index >= 15 is 0 Å². The zero-order valence-corrected chi connectivity index (χ0v) is 14.7. The Labute approximate surface area is 147 Å². The van der Waals surface area contributed by atoms with Crippen LogP contribution in [0.4, 0.5) is 5.69 Å². The van der Waals surface area contributed by atoms with Crippen molar-refractivity contribution in [3.8, 4) is 0 Å². The smallest absolute Gasteiger partial charge is 0.224 e. The van der Waals surface area contributed by atoms with Crippen LogP contribution >= 0.6 is 46.1 Å². The molecule has 1 N–H and O–H groups in total. The first kappa shape index (κ1) is 17.3. The molecule has 0 bridgehead atoms. The van der Waals surface area contributed by atoms with Crippen LogP contribution in [0.2, 0.25) is 15.1 Å². The molecule has 3 nitrogen and oxygen atoms in total. The third-order valence-electron chi connectivity index (χ3n) is 2.88.